The van der Waals surface area contributed by atoms with Gasteiger partial charge in [-0.15, -0.1) is 0 Å². The highest BCUT2D eigenvalue weighted by atomic mass is 19.1. The molecule has 0 bridgehead atoms. The summed E-state index contributed by atoms with van der Waals surface area (Å²) in [4.78, 5) is 27.0. The van der Waals surface area contributed by atoms with Crippen molar-refractivity contribution in [2.24, 2.45) is 0 Å². The zero-order valence-corrected chi connectivity index (χ0v) is 21.4. The van der Waals surface area contributed by atoms with Gasteiger partial charge in [0.1, 0.15) is 29.5 Å². The normalized spacial score (nSPS) is 16.9. The number of carbonyl (C=O) groups is 2. The number of carboxylic acids is 1. The first-order chi connectivity index (χ1) is 18.3. The van der Waals surface area contributed by atoms with Gasteiger partial charge in [-0.3, -0.25) is 9.59 Å². The first kappa shape index (κ1) is 26.7. The lowest BCUT2D eigenvalue weighted by atomic mass is 9.97. The van der Waals surface area contributed by atoms with E-state index in [4.69, 9.17) is 23.7 Å². The van der Waals surface area contributed by atoms with Gasteiger partial charge < -0.3 is 33.7 Å². The number of benzene rings is 3. The summed E-state index contributed by atoms with van der Waals surface area (Å²) in [5.41, 5.74) is 1.76. The van der Waals surface area contributed by atoms with E-state index in [9.17, 15) is 19.1 Å². The first-order valence-electron chi connectivity index (χ1n) is 11.7. The van der Waals surface area contributed by atoms with Crippen molar-refractivity contribution in [2.45, 2.75) is 25.2 Å². The van der Waals surface area contributed by atoms with Gasteiger partial charge in [0.25, 0.3) is 5.91 Å². The number of methoxy groups -OCH3 is 4. The summed E-state index contributed by atoms with van der Waals surface area (Å²) >= 11 is 0. The van der Waals surface area contributed by atoms with Gasteiger partial charge >= 0.3 is 5.97 Å². The summed E-state index contributed by atoms with van der Waals surface area (Å²) < 4.78 is 42.6. The topological polar surface area (TPSA) is 104 Å². The van der Waals surface area contributed by atoms with Crippen molar-refractivity contribution >= 4 is 17.6 Å². The second-order valence-corrected chi connectivity index (χ2v) is 8.49. The Morgan fingerprint density at radius 3 is 2.37 bits per heavy atom. The predicted molar refractivity (Wildman–Crippen MR) is 136 cm³/mol. The summed E-state index contributed by atoms with van der Waals surface area (Å²) in [5.74, 6) is -0.621. The highest BCUT2D eigenvalue weighted by Crippen LogP contribution is 2.45. The van der Waals surface area contributed by atoms with Gasteiger partial charge in [0.15, 0.2) is 11.5 Å². The van der Waals surface area contributed by atoms with Crippen LogP contribution in [-0.2, 0) is 20.9 Å². The number of hydrogen-bond acceptors (Lipinski definition) is 7. The molecule has 1 aliphatic rings. The lowest BCUT2D eigenvalue weighted by Gasteiger charge is -2.25. The van der Waals surface area contributed by atoms with Crippen LogP contribution in [0, 0.1) is 5.82 Å². The van der Waals surface area contributed by atoms with Crippen molar-refractivity contribution in [3.8, 4) is 23.0 Å². The average molecular weight is 526 g/mol. The lowest BCUT2D eigenvalue weighted by Crippen LogP contribution is -2.40. The Labute approximate surface area is 219 Å². The van der Waals surface area contributed by atoms with Crippen molar-refractivity contribution in [3.05, 3.63) is 77.1 Å². The third-order valence-electron chi connectivity index (χ3n) is 6.30. The molecule has 0 spiro atoms. The maximum absolute atomic E-state index is 14.7. The van der Waals surface area contributed by atoms with Crippen LogP contribution in [0.25, 0.3) is 0 Å². The molecule has 1 amide bonds. The third-order valence-corrected chi connectivity index (χ3v) is 6.30. The molecule has 4 rings (SSSR count). The minimum atomic E-state index is -1.38. The molecule has 38 heavy (non-hydrogen) atoms. The molecular weight excluding hydrogens is 497 g/mol. The summed E-state index contributed by atoms with van der Waals surface area (Å²) in [6, 6.07) is 14.2. The maximum atomic E-state index is 14.7. The van der Waals surface area contributed by atoms with Crippen LogP contribution in [0.4, 0.5) is 10.1 Å². The maximum Gasteiger partial charge on any atom is 0.306 e. The molecular formula is C28H28FNO8. The fourth-order valence-corrected chi connectivity index (χ4v) is 4.54. The van der Waals surface area contributed by atoms with Crippen LogP contribution in [-0.4, -0.2) is 51.5 Å². The number of anilines is 1. The van der Waals surface area contributed by atoms with Crippen LogP contribution in [0.15, 0.2) is 54.6 Å². The van der Waals surface area contributed by atoms with Gasteiger partial charge in [0.2, 0.25) is 0 Å². The zero-order valence-electron chi connectivity index (χ0n) is 21.4. The molecule has 9 nitrogen and oxygen atoms in total. The Bertz CT molecular complexity index is 1340. The molecule has 1 aliphatic heterocycles. The molecule has 3 aromatic carbocycles. The minimum absolute atomic E-state index is 0.00603. The Balaban J connectivity index is 1.91. The van der Waals surface area contributed by atoms with E-state index in [1.165, 1.54) is 51.5 Å². The van der Waals surface area contributed by atoms with Crippen molar-refractivity contribution in [1.82, 2.24) is 0 Å². The van der Waals surface area contributed by atoms with Gasteiger partial charge in [-0.05, 0) is 36.4 Å². The van der Waals surface area contributed by atoms with E-state index in [2.05, 4.69) is 0 Å². The van der Waals surface area contributed by atoms with Crippen molar-refractivity contribution < 1.29 is 42.8 Å². The van der Waals surface area contributed by atoms with E-state index in [0.717, 1.165) is 0 Å². The molecule has 0 aliphatic carbocycles. The molecule has 0 saturated heterocycles. The van der Waals surface area contributed by atoms with Gasteiger partial charge in [-0.2, -0.15) is 0 Å². The number of ether oxygens (including phenoxy) is 5. The molecule has 0 saturated carbocycles. The Morgan fingerprint density at radius 1 is 0.947 bits per heavy atom. The van der Waals surface area contributed by atoms with Crippen LogP contribution in [0.2, 0.25) is 0 Å². The SMILES string of the molecule is COc1ccc(CN2C(=O)[C@@H](CC(=O)O)O[C@H](c3cccc(OC)c3OC)c3cc(F)ccc32)c(OC)c1. The van der Waals surface area contributed by atoms with E-state index in [1.807, 2.05) is 0 Å². The second kappa shape index (κ2) is 11.4. The number of halogens is 1. The standard InChI is InChI=1S/C28H28FNO8/c1-34-18-10-8-16(23(13-18)36-3)15-30-21-11-9-17(29)12-20(21)26(38-24(28(30)33)14-25(31)32)19-6-5-7-22(35-2)27(19)37-4/h5-13,24,26H,14-15H2,1-4H3,(H,31,32)/t24-,26-/m1/s1. The molecule has 0 fully saturated rings. The molecule has 3 aromatic rings. The number of rotatable bonds is 9. The minimum Gasteiger partial charge on any atom is -0.497 e. The number of nitrogens with zero attached hydrogens (tertiary/aromatic N) is 1. The smallest absolute Gasteiger partial charge is 0.306 e. The molecule has 200 valence electrons. The van der Waals surface area contributed by atoms with E-state index in [0.29, 0.717) is 45.4 Å². The van der Waals surface area contributed by atoms with Crippen molar-refractivity contribution in [3.63, 3.8) is 0 Å². The van der Waals surface area contributed by atoms with Crippen molar-refractivity contribution in [2.75, 3.05) is 33.3 Å². The van der Waals surface area contributed by atoms with Crippen LogP contribution in [0.1, 0.15) is 29.2 Å². The summed E-state index contributed by atoms with van der Waals surface area (Å²) in [7, 11) is 5.95. The monoisotopic (exact) mass is 525 g/mol. The highest BCUT2D eigenvalue weighted by Gasteiger charge is 2.39. The van der Waals surface area contributed by atoms with Crippen molar-refractivity contribution in [1.29, 1.82) is 0 Å². The highest BCUT2D eigenvalue weighted by molar-refractivity contribution is 5.99. The number of fused-ring (bicyclic) bond motifs is 1. The quantitative estimate of drug-likeness (QED) is 0.440. The molecule has 0 radical (unpaired) electrons. The molecule has 0 unspecified atom stereocenters. The van der Waals surface area contributed by atoms with Gasteiger partial charge in [-0.25, -0.2) is 4.39 Å². The average Bonchev–Trinajstić information content (AvgIpc) is 3.02. The molecule has 1 heterocycles. The number of carboxylic acid groups (broad SMARTS) is 1. The number of para-hydroxylation sites is 1. The summed E-state index contributed by atoms with van der Waals surface area (Å²) in [5, 5.41) is 9.60. The Hall–Kier alpha value is -4.31. The summed E-state index contributed by atoms with van der Waals surface area (Å²) in [6.07, 6.45) is -3.02. The fourth-order valence-electron chi connectivity index (χ4n) is 4.54. The largest absolute Gasteiger partial charge is 0.497 e. The molecule has 0 aromatic heterocycles. The van der Waals surface area contributed by atoms with E-state index in [1.54, 1.807) is 36.4 Å². The Kier molecular flexibility index (Phi) is 8.02. The number of carbonyl (C=O) groups excluding carboxylic acids is 1. The fraction of sp³-hybridized carbons (Fsp3) is 0.286. The van der Waals surface area contributed by atoms with Gasteiger partial charge in [-0.1, -0.05) is 12.1 Å². The van der Waals surface area contributed by atoms with E-state index >= 15 is 0 Å². The van der Waals surface area contributed by atoms with Gasteiger partial charge in [0, 0.05) is 22.8 Å². The molecule has 1 N–H and O–H groups in total. The van der Waals surface area contributed by atoms with Crippen LogP contribution in [0.3, 0.4) is 0 Å². The Morgan fingerprint density at radius 2 is 1.71 bits per heavy atom. The predicted octanol–water partition coefficient (Wildman–Crippen LogP) is 4.36. The third kappa shape index (κ3) is 5.21. The summed E-state index contributed by atoms with van der Waals surface area (Å²) in [6.45, 7) is 0.00603. The zero-order chi connectivity index (χ0) is 27.4. The first-order valence-corrected chi connectivity index (χ1v) is 11.7. The van der Waals surface area contributed by atoms with Crippen LogP contribution in [0.5, 0.6) is 23.0 Å². The van der Waals surface area contributed by atoms with E-state index < -0.39 is 36.3 Å². The second-order valence-electron chi connectivity index (χ2n) is 8.49. The number of aliphatic carboxylic acids is 1. The molecule has 10 heteroatoms. The van der Waals surface area contributed by atoms with Gasteiger partial charge in [0.05, 0.1) is 47.1 Å². The molecule has 2 atom stereocenters. The lowest BCUT2D eigenvalue weighted by molar-refractivity contribution is -0.147. The number of amides is 1. The number of hydrogen-bond donors (Lipinski definition) is 1. The van der Waals surface area contributed by atoms with Crippen LogP contribution >= 0.6 is 0 Å². The van der Waals surface area contributed by atoms with Crippen LogP contribution < -0.4 is 23.8 Å². The van der Waals surface area contributed by atoms with E-state index in [-0.39, 0.29) is 6.54 Å².